The first-order valence-electron chi connectivity index (χ1n) is 4.75. The van der Waals surface area contributed by atoms with E-state index in [4.69, 9.17) is 0 Å². The van der Waals surface area contributed by atoms with Gasteiger partial charge >= 0.3 is 0 Å². The standard InChI is InChI=1S/C10H14FNO2S2/c1-16(13,14)12-6-7-15-8-9-4-2-3-5-10(9)11/h2-5,12H,6-8H2,1H3. The van der Waals surface area contributed by atoms with Crippen LogP contribution in [0.3, 0.4) is 0 Å². The third-order valence-electron chi connectivity index (χ3n) is 1.83. The average molecular weight is 263 g/mol. The van der Waals surface area contributed by atoms with E-state index in [9.17, 15) is 12.8 Å². The van der Waals surface area contributed by atoms with E-state index in [1.54, 1.807) is 18.2 Å². The summed E-state index contributed by atoms with van der Waals surface area (Å²) in [6, 6.07) is 6.58. The van der Waals surface area contributed by atoms with Crippen LogP contribution in [0.2, 0.25) is 0 Å². The summed E-state index contributed by atoms with van der Waals surface area (Å²) in [5, 5.41) is 0. The summed E-state index contributed by atoms with van der Waals surface area (Å²) in [6.07, 6.45) is 1.12. The Morgan fingerprint density at radius 2 is 2.06 bits per heavy atom. The molecule has 0 aliphatic carbocycles. The molecule has 0 atom stereocenters. The van der Waals surface area contributed by atoms with E-state index in [-0.39, 0.29) is 5.82 Å². The number of thioether (sulfide) groups is 1. The highest BCUT2D eigenvalue weighted by atomic mass is 32.2. The Kier molecular flexibility index (Phi) is 5.24. The highest BCUT2D eigenvalue weighted by molar-refractivity contribution is 7.98. The lowest BCUT2D eigenvalue weighted by Gasteiger charge is -2.03. The van der Waals surface area contributed by atoms with Gasteiger partial charge in [-0.15, -0.1) is 0 Å². The Labute approximate surface area is 99.5 Å². The van der Waals surface area contributed by atoms with Gasteiger partial charge in [-0.05, 0) is 11.6 Å². The average Bonchev–Trinajstić information content (AvgIpc) is 2.18. The SMILES string of the molecule is CS(=O)(=O)NCCSCc1ccccc1F. The molecule has 16 heavy (non-hydrogen) atoms. The van der Waals surface area contributed by atoms with Crippen molar-refractivity contribution in [1.82, 2.24) is 4.72 Å². The molecule has 1 N–H and O–H groups in total. The van der Waals surface area contributed by atoms with Crippen molar-refractivity contribution >= 4 is 21.8 Å². The van der Waals surface area contributed by atoms with Crippen molar-refractivity contribution in [3.63, 3.8) is 0 Å². The molecule has 0 fully saturated rings. The monoisotopic (exact) mass is 263 g/mol. The normalized spacial score (nSPS) is 11.6. The van der Waals surface area contributed by atoms with E-state index in [0.717, 1.165) is 6.26 Å². The molecule has 0 radical (unpaired) electrons. The summed E-state index contributed by atoms with van der Waals surface area (Å²) >= 11 is 1.49. The van der Waals surface area contributed by atoms with Crippen LogP contribution in [-0.2, 0) is 15.8 Å². The molecule has 0 bridgehead atoms. The lowest BCUT2D eigenvalue weighted by molar-refractivity contribution is 0.590. The first kappa shape index (κ1) is 13.5. The van der Waals surface area contributed by atoms with Crippen LogP contribution < -0.4 is 4.72 Å². The molecule has 3 nitrogen and oxygen atoms in total. The molecule has 90 valence electrons. The van der Waals surface area contributed by atoms with Gasteiger partial charge in [0.2, 0.25) is 10.0 Å². The molecule has 0 unspecified atom stereocenters. The molecule has 0 aliphatic rings. The van der Waals surface area contributed by atoms with Crippen molar-refractivity contribution in [2.24, 2.45) is 0 Å². The second-order valence-corrected chi connectivity index (χ2v) is 6.25. The van der Waals surface area contributed by atoms with Crippen molar-refractivity contribution < 1.29 is 12.8 Å². The Bertz CT molecular complexity index is 434. The fourth-order valence-corrected chi connectivity index (χ4v) is 2.54. The van der Waals surface area contributed by atoms with Gasteiger partial charge in [-0.1, -0.05) is 18.2 Å². The summed E-state index contributed by atoms with van der Waals surface area (Å²) in [5.41, 5.74) is 0.645. The van der Waals surface area contributed by atoms with Crippen molar-refractivity contribution in [2.45, 2.75) is 5.75 Å². The van der Waals surface area contributed by atoms with E-state index in [2.05, 4.69) is 4.72 Å². The Morgan fingerprint density at radius 3 is 2.69 bits per heavy atom. The molecule has 0 aromatic heterocycles. The second kappa shape index (κ2) is 6.22. The third-order valence-corrected chi connectivity index (χ3v) is 3.56. The molecule has 1 rings (SSSR count). The van der Waals surface area contributed by atoms with Gasteiger partial charge in [-0.25, -0.2) is 17.5 Å². The van der Waals surface area contributed by atoms with Gasteiger partial charge in [0.15, 0.2) is 0 Å². The van der Waals surface area contributed by atoms with Crippen LogP contribution in [0.1, 0.15) is 5.56 Å². The minimum Gasteiger partial charge on any atom is -0.215 e. The summed E-state index contributed by atoms with van der Waals surface area (Å²) in [7, 11) is -3.11. The Balaban J connectivity index is 2.24. The van der Waals surface area contributed by atoms with Crippen LogP contribution in [0.15, 0.2) is 24.3 Å². The van der Waals surface area contributed by atoms with E-state index < -0.39 is 10.0 Å². The minimum atomic E-state index is -3.11. The number of rotatable bonds is 6. The van der Waals surface area contributed by atoms with Crippen molar-refractivity contribution in [3.8, 4) is 0 Å². The van der Waals surface area contributed by atoms with Crippen molar-refractivity contribution in [3.05, 3.63) is 35.6 Å². The Hall–Kier alpha value is -0.590. The predicted octanol–water partition coefficient (Wildman–Crippen LogP) is 1.61. The topological polar surface area (TPSA) is 46.2 Å². The number of benzene rings is 1. The smallest absolute Gasteiger partial charge is 0.208 e. The number of hydrogen-bond acceptors (Lipinski definition) is 3. The van der Waals surface area contributed by atoms with Crippen LogP contribution >= 0.6 is 11.8 Å². The fraction of sp³-hybridized carbons (Fsp3) is 0.400. The minimum absolute atomic E-state index is 0.217. The molecule has 1 aromatic carbocycles. The lowest BCUT2D eigenvalue weighted by Crippen LogP contribution is -2.24. The van der Waals surface area contributed by atoms with E-state index in [1.165, 1.54) is 17.8 Å². The molecular weight excluding hydrogens is 249 g/mol. The van der Waals surface area contributed by atoms with Crippen LogP contribution in [0.25, 0.3) is 0 Å². The third kappa shape index (κ3) is 5.48. The molecule has 0 aliphatic heterocycles. The summed E-state index contributed by atoms with van der Waals surface area (Å²) < 4.78 is 37.0. The van der Waals surface area contributed by atoms with Gasteiger partial charge in [0.25, 0.3) is 0 Å². The molecular formula is C10H14FNO2S2. The highest BCUT2D eigenvalue weighted by Gasteiger charge is 2.02. The zero-order valence-corrected chi connectivity index (χ0v) is 10.6. The lowest BCUT2D eigenvalue weighted by atomic mass is 10.2. The number of sulfonamides is 1. The maximum absolute atomic E-state index is 13.2. The zero-order valence-electron chi connectivity index (χ0n) is 8.94. The molecule has 6 heteroatoms. The molecule has 0 saturated carbocycles. The number of halogens is 1. The van der Waals surface area contributed by atoms with Gasteiger partial charge in [0, 0.05) is 18.1 Å². The largest absolute Gasteiger partial charge is 0.215 e. The fourth-order valence-electron chi connectivity index (χ4n) is 1.10. The second-order valence-electron chi connectivity index (χ2n) is 3.31. The maximum Gasteiger partial charge on any atom is 0.208 e. The molecule has 0 saturated heterocycles. The van der Waals surface area contributed by atoms with Crippen LogP contribution in [0.5, 0.6) is 0 Å². The summed E-state index contributed by atoms with van der Waals surface area (Å²) in [6.45, 7) is 0.373. The van der Waals surface area contributed by atoms with Crippen molar-refractivity contribution in [2.75, 3.05) is 18.6 Å². The highest BCUT2D eigenvalue weighted by Crippen LogP contribution is 2.14. The molecule has 0 amide bonds. The van der Waals surface area contributed by atoms with Crippen molar-refractivity contribution in [1.29, 1.82) is 0 Å². The van der Waals surface area contributed by atoms with Gasteiger partial charge in [-0.2, -0.15) is 11.8 Å². The van der Waals surface area contributed by atoms with E-state index in [1.807, 2.05) is 0 Å². The van der Waals surface area contributed by atoms with Crippen LogP contribution in [0, 0.1) is 5.82 Å². The Morgan fingerprint density at radius 1 is 1.38 bits per heavy atom. The first-order valence-corrected chi connectivity index (χ1v) is 7.79. The van der Waals surface area contributed by atoms with Crippen LogP contribution in [0.4, 0.5) is 4.39 Å². The van der Waals surface area contributed by atoms with E-state index in [0.29, 0.717) is 23.6 Å². The van der Waals surface area contributed by atoms with E-state index >= 15 is 0 Å². The quantitative estimate of drug-likeness (QED) is 0.793. The maximum atomic E-state index is 13.2. The van der Waals surface area contributed by atoms with Crippen LogP contribution in [-0.4, -0.2) is 27.0 Å². The molecule has 0 spiro atoms. The molecule has 0 heterocycles. The number of hydrogen-bond donors (Lipinski definition) is 1. The molecule has 1 aromatic rings. The summed E-state index contributed by atoms with van der Waals surface area (Å²) in [5.74, 6) is 0.963. The number of nitrogens with one attached hydrogen (secondary N) is 1. The summed E-state index contributed by atoms with van der Waals surface area (Å²) in [4.78, 5) is 0. The zero-order chi connectivity index (χ0) is 12.0. The predicted molar refractivity (Wildman–Crippen MR) is 65.4 cm³/mol. The van der Waals surface area contributed by atoms with Gasteiger partial charge < -0.3 is 0 Å². The first-order chi connectivity index (χ1) is 7.49. The van der Waals surface area contributed by atoms with Gasteiger partial charge in [0.1, 0.15) is 5.82 Å². The van der Waals surface area contributed by atoms with Gasteiger partial charge in [-0.3, -0.25) is 0 Å². The van der Waals surface area contributed by atoms with Gasteiger partial charge in [0.05, 0.1) is 6.26 Å².